The summed E-state index contributed by atoms with van der Waals surface area (Å²) < 4.78 is 0. The number of rotatable bonds is 19. The minimum absolute atomic E-state index is 0.00866. The first-order chi connectivity index (χ1) is 19.2. The average molecular weight is 557 g/mol. The van der Waals surface area contributed by atoms with Gasteiger partial charge in [-0.15, -0.1) is 0 Å². The molecule has 4 bridgehead atoms. The van der Waals surface area contributed by atoms with E-state index in [4.69, 9.17) is 0 Å². The molecule has 0 aromatic carbocycles. The molecule has 40 heavy (non-hydrogen) atoms. The lowest BCUT2D eigenvalue weighted by atomic mass is 9.41. The van der Waals surface area contributed by atoms with Gasteiger partial charge in [-0.1, -0.05) is 136 Å². The van der Waals surface area contributed by atoms with E-state index < -0.39 is 28.3 Å². The van der Waals surface area contributed by atoms with E-state index in [1.165, 1.54) is 77.0 Å². The summed E-state index contributed by atoms with van der Waals surface area (Å²) in [5.74, 6) is 0.161. The number of unbranched alkanes of at least 4 members (excludes halogenated alkanes) is 13. The highest BCUT2D eigenvalue weighted by molar-refractivity contribution is 5.90. The third kappa shape index (κ3) is 5.05. The van der Waals surface area contributed by atoms with E-state index in [9.17, 15) is 19.8 Å². The Balaban J connectivity index is 1.33. The van der Waals surface area contributed by atoms with E-state index in [0.29, 0.717) is 24.7 Å². The summed E-state index contributed by atoms with van der Waals surface area (Å²) in [6.07, 6.45) is 24.8. The van der Waals surface area contributed by atoms with Gasteiger partial charge in [0.1, 0.15) is 11.7 Å². The van der Waals surface area contributed by atoms with Crippen molar-refractivity contribution >= 4 is 12.3 Å². The van der Waals surface area contributed by atoms with Crippen LogP contribution in [0.3, 0.4) is 0 Å². The summed E-state index contributed by atoms with van der Waals surface area (Å²) in [5.41, 5.74) is -1.93. The highest BCUT2D eigenvalue weighted by atomic mass is 16.4. The van der Waals surface area contributed by atoms with Crippen LogP contribution >= 0.6 is 0 Å². The second-order valence-electron chi connectivity index (χ2n) is 14.8. The van der Waals surface area contributed by atoms with E-state index in [1.54, 1.807) is 0 Å². The Morgan fingerprint density at radius 2 is 1.48 bits per heavy atom. The maximum atomic E-state index is 13.5. The third-order valence-corrected chi connectivity index (χ3v) is 12.4. The molecule has 0 amide bonds. The second-order valence-corrected chi connectivity index (χ2v) is 14.8. The van der Waals surface area contributed by atoms with Gasteiger partial charge in [0.05, 0.1) is 11.5 Å². The minimum atomic E-state index is -1.25. The van der Waals surface area contributed by atoms with Gasteiger partial charge in [0.25, 0.3) is 0 Å². The fourth-order valence-corrected chi connectivity index (χ4v) is 10.7. The Labute approximate surface area is 245 Å². The molecule has 0 saturated heterocycles. The summed E-state index contributed by atoms with van der Waals surface area (Å²) in [6.45, 7) is 8.71. The molecule has 3 saturated carbocycles. The van der Waals surface area contributed by atoms with Crippen LogP contribution in [0, 0.1) is 45.8 Å². The van der Waals surface area contributed by atoms with Crippen LogP contribution in [-0.2, 0) is 9.59 Å². The number of carbonyl (C=O) groups excluding carboxylic acids is 1. The molecule has 3 fully saturated rings. The van der Waals surface area contributed by atoms with Crippen molar-refractivity contribution in [1.29, 1.82) is 0 Å². The first kappa shape index (κ1) is 31.8. The Bertz CT molecular complexity index is 893. The molecule has 0 spiro atoms. The maximum absolute atomic E-state index is 13.5. The monoisotopic (exact) mass is 556 g/mol. The first-order valence-corrected chi connectivity index (χ1v) is 17.3. The fraction of sp³-hybridized carbons (Fsp3) is 0.889. The summed E-state index contributed by atoms with van der Waals surface area (Å²) in [4.78, 5) is 26.7. The van der Waals surface area contributed by atoms with Crippen LogP contribution in [0.25, 0.3) is 0 Å². The second kappa shape index (κ2) is 13.4. The van der Waals surface area contributed by atoms with Gasteiger partial charge < -0.3 is 15.0 Å². The van der Waals surface area contributed by atoms with Gasteiger partial charge in [0, 0.05) is 5.41 Å². The molecular weight excluding hydrogens is 496 g/mol. The van der Waals surface area contributed by atoms with Crippen molar-refractivity contribution in [2.24, 2.45) is 45.8 Å². The molecule has 0 aromatic heterocycles. The van der Waals surface area contributed by atoms with Crippen LogP contribution in [0.2, 0.25) is 0 Å². The zero-order valence-electron chi connectivity index (χ0n) is 26.3. The van der Waals surface area contributed by atoms with Gasteiger partial charge in [-0.05, 0) is 55.3 Å². The van der Waals surface area contributed by atoms with Crippen molar-refractivity contribution in [2.75, 3.05) is 0 Å². The Kier molecular flexibility index (Phi) is 10.7. The lowest BCUT2D eigenvalue weighted by molar-refractivity contribution is -0.194. The molecule has 0 heterocycles. The molecule has 5 unspecified atom stereocenters. The number of allylic oxidation sites excluding steroid dienone is 1. The number of aliphatic carboxylic acids is 1. The normalized spacial score (nSPS) is 36.6. The molecule has 0 aliphatic heterocycles. The number of carboxylic acids is 1. The Hall–Kier alpha value is -1.16. The van der Waals surface area contributed by atoms with E-state index in [2.05, 4.69) is 33.8 Å². The highest BCUT2D eigenvalue weighted by Crippen LogP contribution is 2.83. The predicted molar refractivity (Wildman–Crippen MR) is 163 cm³/mol. The zero-order valence-corrected chi connectivity index (χ0v) is 26.3. The van der Waals surface area contributed by atoms with Crippen molar-refractivity contribution < 1.29 is 19.8 Å². The number of aldehydes is 1. The molecule has 2 N–H and O–H groups in total. The average Bonchev–Trinajstić information content (AvgIpc) is 3.51. The van der Waals surface area contributed by atoms with Crippen LogP contribution in [0.4, 0.5) is 0 Å². The summed E-state index contributed by atoms with van der Waals surface area (Å²) in [7, 11) is 0. The molecule has 4 heteroatoms. The molecule has 228 valence electrons. The summed E-state index contributed by atoms with van der Waals surface area (Å²) >= 11 is 0. The lowest BCUT2D eigenvalue weighted by Gasteiger charge is -2.59. The van der Waals surface area contributed by atoms with Crippen molar-refractivity contribution in [3.05, 3.63) is 11.6 Å². The Morgan fingerprint density at radius 1 is 0.925 bits per heavy atom. The number of aliphatic hydroxyl groups is 1. The van der Waals surface area contributed by atoms with Gasteiger partial charge in [-0.2, -0.15) is 0 Å². The SMILES string of the molecule is CCCCCCCCCCCCCCCCC(O)C12C[C@@H]3[C@H](C)CC[C@H]3C3(C=O)CC1C=C(C(C)C)C23C(=O)O. The fourth-order valence-electron chi connectivity index (χ4n) is 10.7. The molecule has 0 radical (unpaired) electrons. The van der Waals surface area contributed by atoms with Gasteiger partial charge in [0.15, 0.2) is 0 Å². The number of carbonyl (C=O) groups is 2. The smallest absolute Gasteiger partial charge is 0.315 e. The minimum Gasteiger partial charge on any atom is -0.481 e. The van der Waals surface area contributed by atoms with Crippen LogP contribution in [0.15, 0.2) is 11.6 Å². The summed E-state index contributed by atoms with van der Waals surface area (Å²) in [6, 6.07) is 0. The molecule has 4 aliphatic rings. The number of hydrogen-bond donors (Lipinski definition) is 2. The van der Waals surface area contributed by atoms with Gasteiger partial charge in [-0.25, -0.2) is 0 Å². The summed E-state index contributed by atoms with van der Waals surface area (Å²) in [5, 5.41) is 23.1. The van der Waals surface area contributed by atoms with Crippen molar-refractivity contribution in [1.82, 2.24) is 0 Å². The molecule has 4 aliphatic carbocycles. The molecule has 0 aromatic rings. The zero-order chi connectivity index (χ0) is 29.0. The lowest BCUT2D eigenvalue weighted by Crippen LogP contribution is -2.65. The number of hydrogen-bond acceptors (Lipinski definition) is 3. The number of fused-ring (bicyclic) bond motifs is 2. The Morgan fingerprint density at radius 3 is 1.98 bits per heavy atom. The number of carboxylic acid groups (broad SMARTS) is 1. The van der Waals surface area contributed by atoms with Crippen LogP contribution in [0.1, 0.15) is 150 Å². The first-order valence-electron chi connectivity index (χ1n) is 17.3. The van der Waals surface area contributed by atoms with E-state index >= 15 is 0 Å². The predicted octanol–water partition coefficient (Wildman–Crippen LogP) is 9.14. The van der Waals surface area contributed by atoms with Gasteiger partial charge in [0.2, 0.25) is 0 Å². The van der Waals surface area contributed by atoms with Crippen LogP contribution in [0.5, 0.6) is 0 Å². The van der Waals surface area contributed by atoms with Crippen molar-refractivity contribution in [3.8, 4) is 0 Å². The largest absolute Gasteiger partial charge is 0.481 e. The standard InChI is InChI=1S/C36H60O4/c1-5-6-7-8-9-10-11-12-13-14-15-16-17-18-19-32(38)35-24-29-27(4)20-21-30(29)34(25-37)23-28(35)22-31(26(2)3)36(34,35)33(39)40/h22,25-30,32,38H,5-21,23-24H2,1-4H3,(H,39,40)/t27-,28?,29-,30-,32?,34?,35?,36?/m1/s1. The molecule has 4 nitrogen and oxygen atoms in total. The van der Waals surface area contributed by atoms with E-state index in [-0.39, 0.29) is 17.8 Å². The number of aliphatic hydroxyl groups excluding tert-OH is 1. The van der Waals surface area contributed by atoms with E-state index in [1.807, 2.05) is 0 Å². The van der Waals surface area contributed by atoms with Crippen molar-refractivity contribution in [2.45, 2.75) is 156 Å². The highest BCUT2D eigenvalue weighted by Gasteiger charge is 2.85. The third-order valence-electron chi connectivity index (χ3n) is 12.4. The molecule has 8 atom stereocenters. The van der Waals surface area contributed by atoms with Crippen LogP contribution < -0.4 is 0 Å². The van der Waals surface area contributed by atoms with Gasteiger partial charge in [-0.3, -0.25) is 4.79 Å². The topological polar surface area (TPSA) is 74.6 Å². The van der Waals surface area contributed by atoms with Crippen molar-refractivity contribution in [3.63, 3.8) is 0 Å². The van der Waals surface area contributed by atoms with E-state index in [0.717, 1.165) is 44.0 Å². The quantitative estimate of drug-likeness (QED) is 0.0945. The van der Waals surface area contributed by atoms with Gasteiger partial charge >= 0.3 is 5.97 Å². The maximum Gasteiger partial charge on any atom is 0.315 e. The van der Waals surface area contributed by atoms with Crippen LogP contribution in [-0.4, -0.2) is 28.6 Å². The molecular formula is C36H60O4. The molecule has 4 rings (SSSR count).